The number of ether oxygens (including phenoxy) is 1. The van der Waals surface area contributed by atoms with Gasteiger partial charge in [-0.1, -0.05) is 36.4 Å². The van der Waals surface area contributed by atoms with Crippen LogP contribution in [-0.2, 0) is 22.1 Å². The predicted octanol–water partition coefficient (Wildman–Crippen LogP) is 3.93. The Morgan fingerprint density at radius 1 is 1.10 bits per heavy atom. The highest BCUT2D eigenvalue weighted by Gasteiger charge is 2.46. The van der Waals surface area contributed by atoms with E-state index in [0.717, 1.165) is 45.0 Å². The molecular weight excluding hydrogens is 407 g/mol. The average Bonchev–Trinajstić information content (AvgIpc) is 2.76. The Morgan fingerprint density at radius 2 is 1.81 bits per heavy atom. The first-order valence-electron chi connectivity index (χ1n) is 10.6. The number of carbonyl (C=O) groups excluding carboxylic acids is 1. The number of anilines is 1. The van der Waals surface area contributed by atoms with Gasteiger partial charge in [-0.2, -0.15) is 13.2 Å². The summed E-state index contributed by atoms with van der Waals surface area (Å²) in [6.07, 6.45) is -2.88. The standard InChI is InChI=1S/C23H26F3N3O2/c1-17-21(30)29(20-9-5-8-19(27-20)23(24,25)26)16-22(31-17)11-14-28(15-12-22)13-10-18-6-3-2-4-7-18/h2-9,17H,10-16H2,1H3. The van der Waals surface area contributed by atoms with E-state index in [9.17, 15) is 18.0 Å². The Morgan fingerprint density at radius 3 is 2.48 bits per heavy atom. The molecule has 5 nitrogen and oxygen atoms in total. The number of carbonyl (C=O) groups is 1. The molecule has 8 heteroatoms. The number of hydrogen-bond donors (Lipinski definition) is 0. The van der Waals surface area contributed by atoms with Crippen molar-refractivity contribution in [2.45, 2.75) is 44.1 Å². The zero-order valence-electron chi connectivity index (χ0n) is 17.4. The number of pyridine rings is 1. The van der Waals surface area contributed by atoms with Crippen molar-refractivity contribution in [3.05, 3.63) is 59.8 Å². The van der Waals surface area contributed by atoms with E-state index in [1.807, 2.05) is 18.2 Å². The maximum absolute atomic E-state index is 13.1. The van der Waals surface area contributed by atoms with Gasteiger partial charge in [-0.25, -0.2) is 4.98 Å². The van der Waals surface area contributed by atoms with Gasteiger partial charge >= 0.3 is 6.18 Å². The molecule has 0 bridgehead atoms. The number of amides is 1. The van der Waals surface area contributed by atoms with Gasteiger partial charge in [0.1, 0.15) is 17.6 Å². The van der Waals surface area contributed by atoms with Crippen LogP contribution in [0.4, 0.5) is 19.0 Å². The maximum atomic E-state index is 13.1. The second kappa shape index (κ2) is 8.59. The van der Waals surface area contributed by atoms with Gasteiger partial charge in [-0.15, -0.1) is 0 Å². The summed E-state index contributed by atoms with van der Waals surface area (Å²) < 4.78 is 45.4. The Kier molecular flexibility index (Phi) is 6.03. The van der Waals surface area contributed by atoms with E-state index in [0.29, 0.717) is 0 Å². The topological polar surface area (TPSA) is 45.7 Å². The second-order valence-corrected chi connectivity index (χ2v) is 8.32. The third kappa shape index (κ3) is 4.91. The molecule has 1 aromatic carbocycles. The quantitative estimate of drug-likeness (QED) is 0.733. The summed E-state index contributed by atoms with van der Waals surface area (Å²) >= 11 is 0. The third-order valence-electron chi connectivity index (χ3n) is 6.12. The van der Waals surface area contributed by atoms with Crippen molar-refractivity contribution in [3.63, 3.8) is 0 Å². The number of nitrogens with zero attached hydrogens (tertiary/aromatic N) is 3. The van der Waals surface area contributed by atoms with Crippen molar-refractivity contribution >= 4 is 11.7 Å². The van der Waals surface area contributed by atoms with Crippen LogP contribution in [0.1, 0.15) is 31.0 Å². The summed E-state index contributed by atoms with van der Waals surface area (Å²) in [5, 5.41) is 0. The summed E-state index contributed by atoms with van der Waals surface area (Å²) in [7, 11) is 0. The highest BCUT2D eigenvalue weighted by molar-refractivity contribution is 5.96. The van der Waals surface area contributed by atoms with Gasteiger partial charge in [0, 0.05) is 19.6 Å². The van der Waals surface area contributed by atoms with Crippen LogP contribution in [0.2, 0.25) is 0 Å². The minimum absolute atomic E-state index is 0.0286. The molecule has 166 valence electrons. The van der Waals surface area contributed by atoms with Crippen molar-refractivity contribution < 1.29 is 22.7 Å². The summed E-state index contributed by atoms with van der Waals surface area (Å²) in [6.45, 7) is 4.45. The van der Waals surface area contributed by atoms with Gasteiger partial charge in [-0.05, 0) is 43.9 Å². The van der Waals surface area contributed by atoms with E-state index in [1.54, 1.807) is 6.92 Å². The average molecular weight is 433 g/mol. The number of aromatic nitrogens is 1. The minimum atomic E-state index is -4.56. The molecule has 2 aromatic rings. The first-order chi connectivity index (χ1) is 14.8. The zero-order chi connectivity index (χ0) is 22.1. The van der Waals surface area contributed by atoms with Gasteiger partial charge in [0.2, 0.25) is 0 Å². The van der Waals surface area contributed by atoms with Crippen LogP contribution >= 0.6 is 0 Å². The first-order valence-corrected chi connectivity index (χ1v) is 10.6. The molecule has 0 radical (unpaired) electrons. The monoisotopic (exact) mass is 433 g/mol. The number of halogens is 3. The van der Waals surface area contributed by atoms with Crippen molar-refractivity contribution in [2.75, 3.05) is 31.1 Å². The lowest BCUT2D eigenvalue weighted by Crippen LogP contribution is -2.61. The third-order valence-corrected chi connectivity index (χ3v) is 6.12. The molecule has 31 heavy (non-hydrogen) atoms. The van der Waals surface area contributed by atoms with E-state index >= 15 is 0 Å². The van der Waals surface area contributed by atoms with Crippen molar-refractivity contribution in [1.82, 2.24) is 9.88 Å². The number of piperidine rings is 1. The van der Waals surface area contributed by atoms with Gasteiger partial charge in [0.05, 0.1) is 12.1 Å². The van der Waals surface area contributed by atoms with E-state index < -0.39 is 23.6 Å². The number of benzene rings is 1. The highest BCUT2D eigenvalue weighted by Crippen LogP contribution is 2.35. The molecule has 2 saturated heterocycles. The van der Waals surface area contributed by atoms with Gasteiger partial charge in [-0.3, -0.25) is 9.69 Å². The molecule has 1 amide bonds. The Labute approximate surface area is 179 Å². The van der Waals surface area contributed by atoms with E-state index in [-0.39, 0.29) is 18.3 Å². The molecule has 2 aliphatic rings. The number of hydrogen-bond acceptors (Lipinski definition) is 4. The SMILES string of the molecule is CC1OC2(CCN(CCc3ccccc3)CC2)CN(c2cccc(C(F)(F)F)n2)C1=O. The number of alkyl halides is 3. The normalized spacial score (nSPS) is 22.1. The van der Waals surface area contributed by atoms with Crippen LogP contribution in [0.3, 0.4) is 0 Å². The Hall–Kier alpha value is -2.45. The number of rotatable bonds is 4. The lowest BCUT2D eigenvalue weighted by molar-refractivity contribution is -0.161. The van der Waals surface area contributed by atoms with Crippen LogP contribution in [0.15, 0.2) is 48.5 Å². The fraction of sp³-hybridized carbons (Fsp3) is 0.478. The molecule has 1 spiro atoms. The molecular formula is C23H26F3N3O2. The zero-order valence-corrected chi connectivity index (χ0v) is 17.4. The lowest BCUT2D eigenvalue weighted by Gasteiger charge is -2.48. The molecule has 1 unspecified atom stereocenters. The van der Waals surface area contributed by atoms with Crippen molar-refractivity contribution in [3.8, 4) is 0 Å². The van der Waals surface area contributed by atoms with Crippen LogP contribution in [-0.4, -0.2) is 53.7 Å². The molecule has 3 heterocycles. The van der Waals surface area contributed by atoms with Gasteiger partial charge in [0.15, 0.2) is 0 Å². The van der Waals surface area contributed by atoms with E-state index in [2.05, 4.69) is 22.0 Å². The highest BCUT2D eigenvalue weighted by atomic mass is 19.4. The largest absolute Gasteiger partial charge is 0.433 e. The molecule has 0 saturated carbocycles. The molecule has 4 rings (SSSR count). The smallest absolute Gasteiger partial charge is 0.360 e. The second-order valence-electron chi connectivity index (χ2n) is 8.32. The van der Waals surface area contributed by atoms with Crippen LogP contribution in [0.25, 0.3) is 0 Å². The predicted molar refractivity (Wildman–Crippen MR) is 111 cm³/mol. The summed E-state index contributed by atoms with van der Waals surface area (Å²) in [5.41, 5.74) is -0.272. The summed E-state index contributed by atoms with van der Waals surface area (Å²) in [6, 6.07) is 14.0. The molecule has 1 aromatic heterocycles. The van der Waals surface area contributed by atoms with Crippen molar-refractivity contribution in [1.29, 1.82) is 0 Å². The fourth-order valence-corrected chi connectivity index (χ4v) is 4.37. The minimum Gasteiger partial charge on any atom is -0.360 e. The Bertz CT molecular complexity index is 912. The van der Waals surface area contributed by atoms with Crippen LogP contribution < -0.4 is 4.90 Å². The van der Waals surface area contributed by atoms with Crippen LogP contribution in [0.5, 0.6) is 0 Å². The van der Waals surface area contributed by atoms with Crippen molar-refractivity contribution in [2.24, 2.45) is 0 Å². The van der Waals surface area contributed by atoms with Gasteiger partial charge < -0.3 is 9.64 Å². The fourth-order valence-electron chi connectivity index (χ4n) is 4.37. The Balaban J connectivity index is 1.44. The molecule has 1 atom stereocenters. The molecule has 0 N–H and O–H groups in total. The molecule has 0 aliphatic carbocycles. The van der Waals surface area contributed by atoms with Gasteiger partial charge in [0.25, 0.3) is 5.91 Å². The first kappa shape index (κ1) is 21.8. The van der Waals surface area contributed by atoms with E-state index in [4.69, 9.17) is 4.74 Å². The summed E-state index contributed by atoms with van der Waals surface area (Å²) in [4.78, 5) is 20.2. The maximum Gasteiger partial charge on any atom is 0.433 e. The number of likely N-dealkylation sites (tertiary alicyclic amines) is 1. The molecule has 2 aliphatic heterocycles. The van der Waals surface area contributed by atoms with Crippen LogP contribution in [0, 0.1) is 0 Å². The number of morpholine rings is 1. The summed E-state index contributed by atoms with van der Waals surface area (Å²) in [5.74, 6) is -0.329. The lowest BCUT2D eigenvalue weighted by atomic mass is 9.88. The van der Waals surface area contributed by atoms with E-state index in [1.165, 1.54) is 22.6 Å². The molecule has 2 fully saturated rings.